The Morgan fingerprint density at radius 3 is 2.72 bits per heavy atom. The van der Waals surface area contributed by atoms with E-state index < -0.39 is 0 Å². The summed E-state index contributed by atoms with van der Waals surface area (Å²) in [4.78, 5) is 25.1. The molecule has 0 aliphatic carbocycles. The van der Waals surface area contributed by atoms with Crippen LogP contribution in [0.1, 0.15) is 39.3 Å². The second kappa shape index (κ2) is 6.76. The third kappa shape index (κ3) is 3.07. The van der Waals surface area contributed by atoms with Gasteiger partial charge in [-0.15, -0.1) is 11.3 Å². The lowest BCUT2D eigenvalue weighted by molar-refractivity contribution is 0.0738. The van der Waals surface area contributed by atoms with E-state index in [1.165, 1.54) is 11.3 Å². The molecule has 1 atom stereocenters. The van der Waals surface area contributed by atoms with Crippen molar-refractivity contribution in [2.24, 2.45) is 0 Å². The first kappa shape index (κ1) is 16.0. The monoisotopic (exact) mass is 349 g/mol. The van der Waals surface area contributed by atoms with E-state index in [4.69, 9.17) is 0 Å². The SMILES string of the molecule is Cc1nc(-c2ccccc2)c(C(=O)N2CCCC2c2ccccn2)s1. The summed E-state index contributed by atoms with van der Waals surface area (Å²) in [5, 5.41) is 0.913. The summed E-state index contributed by atoms with van der Waals surface area (Å²) in [6.45, 7) is 2.72. The topological polar surface area (TPSA) is 46.1 Å². The van der Waals surface area contributed by atoms with E-state index in [1.54, 1.807) is 6.20 Å². The Labute approximate surface area is 151 Å². The first-order chi connectivity index (χ1) is 12.2. The molecule has 1 amide bonds. The zero-order valence-electron chi connectivity index (χ0n) is 14.1. The van der Waals surface area contributed by atoms with Gasteiger partial charge < -0.3 is 4.90 Å². The zero-order chi connectivity index (χ0) is 17.2. The van der Waals surface area contributed by atoms with Gasteiger partial charge in [0, 0.05) is 18.3 Å². The van der Waals surface area contributed by atoms with Gasteiger partial charge in [0.15, 0.2) is 0 Å². The van der Waals surface area contributed by atoms with Crippen molar-refractivity contribution in [1.29, 1.82) is 0 Å². The molecule has 0 spiro atoms. The fraction of sp³-hybridized carbons (Fsp3) is 0.250. The lowest BCUT2D eigenvalue weighted by Crippen LogP contribution is -2.30. The van der Waals surface area contributed by atoms with Crippen LogP contribution in [0.4, 0.5) is 0 Å². The summed E-state index contributed by atoms with van der Waals surface area (Å²) in [6.07, 6.45) is 3.76. The molecule has 5 heteroatoms. The van der Waals surface area contributed by atoms with Crippen molar-refractivity contribution >= 4 is 17.2 Å². The quantitative estimate of drug-likeness (QED) is 0.700. The molecule has 1 unspecified atom stereocenters. The number of hydrogen-bond acceptors (Lipinski definition) is 4. The Balaban J connectivity index is 1.70. The van der Waals surface area contributed by atoms with Crippen LogP contribution in [0.5, 0.6) is 0 Å². The van der Waals surface area contributed by atoms with E-state index in [9.17, 15) is 4.79 Å². The predicted molar refractivity (Wildman–Crippen MR) is 99.5 cm³/mol. The molecule has 2 aromatic heterocycles. The van der Waals surface area contributed by atoms with E-state index in [-0.39, 0.29) is 11.9 Å². The molecule has 1 fully saturated rings. The van der Waals surface area contributed by atoms with Crippen LogP contribution in [0, 0.1) is 6.92 Å². The van der Waals surface area contributed by atoms with Crippen molar-refractivity contribution in [3.63, 3.8) is 0 Å². The molecule has 0 saturated carbocycles. The van der Waals surface area contributed by atoms with Gasteiger partial charge in [-0.25, -0.2) is 4.98 Å². The van der Waals surface area contributed by atoms with E-state index >= 15 is 0 Å². The predicted octanol–water partition coefficient (Wildman–Crippen LogP) is 4.49. The Bertz CT molecular complexity index is 876. The fourth-order valence-electron chi connectivity index (χ4n) is 3.38. The number of amides is 1. The maximum absolute atomic E-state index is 13.3. The number of benzene rings is 1. The molecule has 0 bridgehead atoms. The second-order valence-electron chi connectivity index (χ2n) is 6.19. The molecule has 0 N–H and O–H groups in total. The average Bonchev–Trinajstić information content (AvgIpc) is 3.29. The third-order valence-corrected chi connectivity index (χ3v) is 5.48. The summed E-state index contributed by atoms with van der Waals surface area (Å²) in [6, 6.07) is 15.9. The summed E-state index contributed by atoms with van der Waals surface area (Å²) in [5.74, 6) is 0.0672. The molecular formula is C20H19N3OS. The van der Waals surface area contributed by atoms with Gasteiger partial charge in [0.1, 0.15) is 4.88 Å². The summed E-state index contributed by atoms with van der Waals surface area (Å²) in [7, 11) is 0. The minimum absolute atomic E-state index is 0.0553. The van der Waals surface area contributed by atoms with Crippen molar-refractivity contribution in [3.8, 4) is 11.3 Å². The molecular weight excluding hydrogens is 330 g/mol. The summed E-state index contributed by atoms with van der Waals surface area (Å²) in [5.41, 5.74) is 2.75. The van der Waals surface area contributed by atoms with Crippen molar-refractivity contribution in [1.82, 2.24) is 14.9 Å². The van der Waals surface area contributed by atoms with Crippen molar-refractivity contribution in [2.45, 2.75) is 25.8 Å². The van der Waals surface area contributed by atoms with Gasteiger partial charge in [-0.1, -0.05) is 36.4 Å². The Hall–Kier alpha value is -2.53. The Morgan fingerprint density at radius 2 is 1.96 bits per heavy atom. The van der Waals surface area contributed by atoms with Crippen LogP contribution < -0.4 is 0 Å². The standard InChI is InChI=1S/C20H19N3OS/c1-14-22-18(15-8-3-2-4-9-15)19(25-14)20(24)23-13-7-11-17(23)16-10-5-6-12-21-16/h2-6,8-10,12,17H,7,11,13H2,1H3. The minimum Gasteiger partial charge on any atom is -0.329 e. The van der Waals surface area contributed by atoms with Gasteiger partial charge in [-0.05, 0) is 31.9 Å². The fourth-order valence-corrected chi connectivity index (χ4v) is 4.28. The molecule has 4 rings (SSSR count). The number of hydrogen-bond donors (Lipinski definition) is 0. The number of pyridine rings is 1. The molecule has 1 aliphatic heterocycles. The highest BCUT2D eigenvalue weighted by Gasteiger charge is 2.33. The van der Waals surface area contributed by atoms with Crippen LogP contribution in [0.25, 0.3) is 11.3 Å². The smallest absolute Gasteiger partial charge is 0.266 e. The number of rotatable bonds is 3. The maximum atomic E-state index is 13.3. The van der Waals surface area contributed by atoms with Crippen LogP contribution in [-0.4, -0.2) is 27.3 Å². The number of carbonyl (C=O) groups is 1. The number of carbonyl (C=O) groups excluding carboxylic acids is 1. The zero-order valence-corrected chi connectivity index (χ0v) is 14.9. The molecule has 0 radical (unpaired) electrons. The lowest BCUT2D eigenvalue weighted by Gasteiger charge is -2.24. The van der Waals surface area contributed by atoms with Gasteiger partial charge in [0.05, 0.1) is 22.4 Å². The Kier molecular flexibility index (Phi) is 4.32. The molecule has 1 aliphatic rings. The second-order valence-corrected chi connectivity index (χ2v) is 7.39. The Morgan fingerprint density at radius 1 is 1.16 bits per heavy atom. The molecule has 3 heterocycles. The largest absolute Gasteiger partial charge is 0.329 e. The van der Waals surface area contributed by atoms with Crippen LogP contribution in [-0.2, 0) is 0 Å². The lowest BCUT2D eigenvalue weighted by atomic mass is 10.1. The van der Waals surface area contributed by atoms with Gasteiger partial charge in [0.25, 0.3) is 5.91 Å². The highest BCUT2D eigenvalue weighted by Crippen LogP contribution is 2.35. The number of thiazole rings is 1. The highest BCUT2D eigenvalue weighted by molar-refractivity contribution is 7.14. The maximum Gasteiger partial charge on any atom is 0.266 e. The number of aryl methyl sites for hydroxylation is 1. The van der Waals surface area contributed by atoms with E-state index in [2.05, 4.69) is 9.97 Å². The van der Waals surface area contributed by atoms with Crippen LogP contribution in [0.3, 0.4) is 0 Å². The van der Waals surface area contributed by atoms with Crippen LogP contribution >= 0.6 is 11.3 Å². The van der Waals surface area contributed by atoms with E-state index in [1.807, 2.05) is 60.4 Å². The molecule has 126 valence electrons. The van der Waals surface area contributed by atoms with Gasteiger partial charge in [0.2, 0.25) is 0 Å². The molecule has 4 nitrogen and oxygen atoms in total. The van der Waals surface area contributed by atoms with Crippen LogP contribution in [0.15, 0.2) is 54.7 Å². The van der Waals surface area contributed by atoms with Crippen molar-refractivity contribution < 1.29 is 4.79 Å². The van der Waals surface area contributed by atoms with Gasteiger partial charge >= 0.3 is 0 Å². The molecule has 1 saturated heterocycles. The first-order valence-electron chi connectivity index (χ1n) is 8.49. The molecule has 1 aromatic carbocycles. The number of likely N-dealkylation sites (tertiary alicyclic amines) is 1. The third-order valence-electron chi connectivity index (χ3n) is 4.52. The summed E-state index contributed by atoms with van der Waals surface area (Å²) < 4.78 is 0. The number of nitrogens with zero attached hydrogens (tertiary/aromatic N) is 3. The molecule has 3 aromatic rings. The number of aromatic nitrogens is 2. The van der Waals surface area contributed by atoms with Gasteiger partial charge in [-0.3, -0.25) is 9.78 Å². The molecule has 25 heavy (non-hydrogen) atoms. The minimum atomic E-state index is 0.0553. The van der Waals surface area contributed by atoms with E-state index in [0.717, 1.165) is 46.2 Å². The summed E-state index contributed by atoms with van der Waals surface area (Å²) >= 11 is 1.48. The average molecular weight is 349 g/mol. The van der Waals surface area contributed by atoms with Crippen LogP contribution in [0.2, 0.25) is 0 Å². The van der Waals surface area contributed by atoms with Crippen molar-refractivity contribution in [2.75, 3.05) is 6.54 Å². The van der Waals surface area contributed by atoms with Gasteiger partial charge in [-0.2, -0.15) is 0 Å². The normalized spacial score (nSPS) is 17.0. The van der Waals surface area contributed by atoms with Crippen molar-refractivity contribution in [3.05, 3.63) is 70.3 Å². The highest BCUT2D eigenvalue weighted by atomic mass is 32.1. The van der Waals surface area contributed by atoms with E-state index in [0.29, 0.717) is 0 Å². The first-order valence-corrected chi connectivity index (χ1v) is 9.30.